The van der Waals surface area contributed by atoms with Crippen molar-refractivity contribution in [1.29, 1.82) is 0 Å². The maximum atomic E-state index is 12.7. The lowest BCUT2D eigenvalue weighted by Gasteiger charge is -2.34. The third kappa shape index (κ3) is 3.39. The van der Waals surface area contributed by atoms with Gasteiger partial charge in [0.2, 0.25) is 0 Å². The van der Waals surface area contributed by atoms with E-state index >= 15 is 0 Å². The summed E-state index contributed by atoms with van der Waals surface area (Å²) in [5.74, 6) is 0.174. The van der Waals surface area contributed by atoms with E-state index in [9.17, 15) is 4.79 Å². The first kappa shape index (κ1) is 15.3. The predicted octanol–water partition coefficient (Wildman–Crippen LogP) is 3.32. The van der Waals surface area contributed by atoms with Crippen LogP contribution in [0.2, 0.25) is 0 Å². The van der Waals surface area contributed by atoms with Crippen LogP contribution in [0.1, 0.15) is 26.4 Å². The lowest BCUT2D eigenvalue weighted by Crippen LogP contribution is -2.48. The van der Waals surface area contributed by atoms with Gasteiger partial charge in [-0.05, 0) is 36.9 Å². The van der Waals surface area contributed by atoms with Crippen molar-refractivity contribution >= 4 is 17.2 Å². The first-order valence-corrected chi connectivity index (χ1v) is 8.63. The highest BCUT2D eigenvalue weighted by molar-refractivity contribution is 7.09. The maximum absolute atomic E-state index is 12.7. The van der Waals surface area contributed by atoms with Gasteiger partial charge >= 0.3 is 0 Å². The summed E-state index contributed by atoms with van der Waals surface area (Å²) in [7, 11) is 0. The van der Waals surface area contributed by atoms with E-state index in [1.54, 1.807) is 11.3 Å². The average molecular weight is 314 g/mol. The summed E-state index contributed by atoms with van der Waals surface area (Å²) in [4.78, 5) is 18.5. The van der Waals surface area contributed by atoms with Crippen LogP contribution in [0.15, 0.2) is 35.7 Å². The number of benzene rings is 1. The number of hydrogen-bond acceptors (Lipinski definition) is 3. The Morgan fingerprint density at radius 2 is 1.91 bits per heavy atom. The van der Waals surface area contributed by atoms with Gasteiger partial charge in [-0.1, -0.05) is 23.8 Å². The van der Waals surface area contributed by atoms with E-state index in [1.165, 1.54) is 10.4 Å². The maximum Gasteiger partial charge on any atom is 0.254 e. The summed E-state index contributed by atoms with van der Waals surface area (Å²) in [6.45, 7) is 8.62. The Morgan fingerprint density at radius 3 is 2.55 bits per heavy atom. The highest BCUT2D eigenvalue weighted by Crippen LogP contribution is 2.17. The molecule has 0 atom stereocenters. The Bertz CT molecular complexity index is 643. The lowest BCUT2D eigenvalue weighted by molar-refractivity contribution is 0.0629. The van der Waals surface area contributed by atoms with Gasteiger partial charge < -0.3 is 4.90 Å². The zero-order valence-electron chi connectivity index (χ0n) is 13.2. The summed E-state index contributed by atoms with van der Waals surface area (Å²) >= 11 is 1.80. The topological polar surface area (TPSA) is 23.6 Å². The average Bonchev–Trinajstić information content (AvgIpc) is 3.00. The molecule has 3 rings (SSSR count). The molecular formula is C18H22N2OS. The molecular weight excluding hydrogens is 292 g/mol. The molecule has 1 saturated heterocycles. The van der Waals surface area contributed by atoms with Crippen LogP contribution in [-0.2, 0) is 6.54 Å². The molecule has 22 heavy (non-hydrogen) atoms. The van der Waals surface area contributed by atoms with Crippen molar-refractivity contribution in [2.75, 3.05) is 26.2 Å². The van der Waals surface area contributed by atoms with Gasteiger partial charge in [0, 0.05) is 43.2 Å². The quantitative estimate of drug-likeness (QED) is 0.867. The van der Waals surface area contributed by atoms with E-state index in [0.717, 1.165) is 43.9 Å². The number of rotatable bonds is 3. The van der Waals surface area contributed by atoms with Gasteiger partial charge in [-0.25, -0.2) is 0 Å². The van der Waals surface area contributed by atoms with E-state index in [2.05, 4.69) is 35.4 Å². The molecule has 1 amide bonds. The standard InChI is InChI=1S/C18H22N2OS/c1-14-5-6-17(15(2)12-14)18(21)20-9-7-19(8-10-20)13-16-4-3-11-22-16/h3-6,11-12H,7-10,13H2,1-2H3. The van der Waals surface area contributed by atoms with Crippen LogP contribution in [0.3, 0.4) is 0 Å². The molecule has 1 aromatic heterocycles. The first-order valence-electron chi connectivity index (χ1n) is 7.75. The molecule has 1 aromatic carbocycles. The molecule has 1 fully saturated rings. The van der Waals surface area contributed by atoms with Gasteiger partial charge in [0.05, 0.1) is 0 Å². The predicted molar refractivity (Wildman–Crippen MR) is 91.4 cm³/mol. The number of amides is 1. The zero-order chi connectivity index (χ0) is 15.5. The summed E-state index contributed by atoms with van der Waals surface area (Å²) in [5, 5.41) is 2.12. The molecule has 0 radical (unpaired) electrons. The second kappa shape index (κ2) is 6.63. The van der Waals surface area contributed by atoms with E-state index in [-0.39, 0.29) is 5.91 Å². The van der Waals surface area contributed by atoms with E-state index in [4.69, 9.17) is 0 Å². The molecule has 0 N–H and O–H groups in total. The molecule has 0 aliphatic carbocycles. The fraction of sp³-hybridized carbons (Fsp3) is 0.389. The Morgan fingerprint density at radius 1 is 1.14 bits per heavy atom. The Hall–Kier alpha value is -1.65. The third-order valence-corrected chi connectivity index (χ3v) is 5.09. The Balaban J connectivity index is 1.60. The van der Waals surface area contributed by atoms with Gasteiger partial charge in [0.15, 0.2) is 0 Å². The van der Waals surface area contributed by atoms with Crippen molar-refractivity contribution in [2.24, 2.45) is 0 Å². The summed E-state index contributed by atoms with van der Waals surface area (Å²) in [6, 6.07) is 10.3. The van der Waals surface area contributed by atoms with Crippen LogP contribution in [0.4, 0.5) is 0 Å². The van der Waals surface area contributed by atoms with Crippen LogP contribution in [0, 0.1) is 13.8 Å². The van der Waals surface area contributed by atoms with Gasteiger partial charge in [-0.2, -0.15) is 0 Å². The monoisotopic (exact) mass is 314 g/mol. The van der Waals surface area contributed by atoms with Gasteiger partial charge in [0.1, 0.15) is 0 Å². The van der Waals surface area contributed by atoms with Crippen molar-refractivity contribution in [3.8, 4) is 0 Å². The number of carbonyl (C=O) groups is 1. The molecule has 0 spiro atoms. The minimum Gasteiger partial charge on any atom is -0.336 e. The van der Waals surface area contributed by atoms with Crippen molar-refractivity contribution in [3.05, 3.63) is 57.3 Å². The highest BCUT2D eigenvalue weighted by Gasteiger charge is 2.23. The summed E-state index contributed by atoms with van der Waals surface area (Å²) in [5.41, 5.74) is 3.12. The molecule has 2 heterocycles. The Labute approximate surface area is 136 Å². The largest absolute Gasteiger partial charge is 0.336 e. The zero-order valence-corrected chi connectivity index (χ0v) is 14.0. The van der Waals surface area contributed by atoms with Crippen LogP contribution < -0.4 is 0 Å². The summed E-state index contributed by atoms with van der Waals surface area (Å²) in [6.07, 6.45) is 0. The minimum atomic E-state index is 0.174. The van der Waals surface area contributed by atoms with E-state index < -0.39 is 0 Å². The minimum absolute atomic E-state index is 0.174. The van der Waals surface area contributed by atoms with E-state index in [0.29, 0.717) is 0 Å². The van der Waals surface area contributed by atoms with Gasteiger partial charge in [-0.15, -0.1) is 11.3 Å². The van der Waals surface area contributed by atoms with Crippen molar-refractivity contribution in [2.45, 2.75) is 20.4 Å². The lowest BCUT2D eigenvalue weighted by atomic mass is 10.0. The highest BCUT2D eigenvalue weighted by atomic mass is 32.1. The second-order valence-corrected chi connectivity index (χ2v) is 7.00. The first-order chi connectivity index (χ1) is 10.6. The number of hydrogen-bond donors (Lipinski definition) is 0. The smallest absolute Gasteiger partial charge is 0.254 e. The van der Waals surface area contributed by atoms with E-state index in [1.807, 2.05) is 24.0 Å². The number of thiophene rings is 1. The van der Waals surface area contributed by atoms with Crippen LogP contribution in [-0.4, -0.2) is 41.9 Å². The molecule has 1 aliphatic rings. The summed E-state index contributed by atoms with van der Waals surface area (Å²) < 4.78 is 0. The SMILES string of the molecule is Cc1ccc(C(=O)N2CCN(Cc3cccs3)CC2)c(C)c1. The number of carbonyl (C=O) groups excluding carboxylic acids is 1. The fourth-order valence-electron chi connectivity index (χ4n) is 2.96. The number of aryl methyl sites for hydroxylation is 2. The van der Waals surface area contributed by atoms with Gasteiger partial charge in [-0.3, -0.25) is 9.69 Å². The molecule has 4 heteroatoms. The van der Waals surface area contributed by atoms with Crippen LogP contribution >= 0.6 is 11.3 Å². The molecule has 0 saturated carbocycles. The third-order valence-electron chi connectivity index (χ3n) is 4.23. The Kier molecular flexibility index (Phi) is 4.60. The fourth-order valence-corrected chi connectivity index (χ4v) is 3.70. The molecule has 3 nitrogen and oxygen atoms in total. The number of piperazine rings is 1. The molecule has 1 aliphatic heterocycles. The van der Waals surface area contributed by atoms with Crippen molar-refractivity contribution < 1.29 is 4.79 Å². The number of nitrogens with zero attached hydrogens (tertiary/aromatic N) is 2. The molecule has 2 aromatic rings. The van der Waals surface area contributed by atoms with Crippen LogP contribution in [0.25, 0.3) is 0 Å². The normalized spacial score (nSPS) is 16.0. The van der Waals surface area contributed by atoms with Crippen molar-refractivity contribution in [1.82, 2.24) is 9.80 Å². The van der Waals surface area contributed by atoms with Crippen molar-refractivity contribution in [3.63, 3.8) is 0 Å². The second-order valence-electron chi connectivity index (χ2n) is 5.97. The molecule has 0 bridgehead atoms. The van der Waals surface area contributed by atoms with Crippen LogP contribution in [0.5, 0.6) is 0 Å². The molecule has 116 valence electrons. The van der Waals surface area contributed by atoms with Gasteiger partial charge in [0.25, 0.3) is 5.91 Å². The molecule has 0 unspecified atom stereocenters.